The van der Waals surface area contributed by atoms with Gasteiger partial charge in [-0.15, -0.1) is 0 Å². The van der Waals surface area contributed by atoms with Gasteiger partial charge in [-0.3, -0.25) is 4.79 Å². The second-order valence-corrected chi connectivity index (χ2v) is 5.79. The summed E-state index contributed by atoms with van der Waals surface area (Å²) >= 11 is 3.25. The smallest absolute Gasteiger partial charge is 0.335 e. The Morgan fingerprint density at radius 2 is 2.11 bits per heavy atom. The van der Waals surface area contributed by atoms with Gasteiger partial charge in [-0.05, 0) is 53.4 Å². The van der Waals surface area contributed by atoms with Crippen molar-refractivity contribution in [2.45, 2.75) is 31.2 Å². The van der Waals surface area contributed by atoms with Gasteiger partial charge in [0.05, 0.1) is 11.3 Å². The van der Waals surface area contributed by atoms with Crippen LogP contribution in [0.1, 0.15) is 36.0 Å². The maximum atomic E-state index is 11.9. The predicted octanol–water partition coefficient (Wildman–Crippen LogP) is 2.36. The van der Waals surface area contributed by atoms with E-state index < -0.39 is 5.97 Å². The van der Waals surface area contributed by atoms with Crippen molar-refractivity contribution in [1.82, 2.24) is 0 Å². The lowest BCUT2D eigenvalue weighted by molar-refractivity contribution is -0.118. The normalized spacial score (nSPS) is 16.5. The molecule has 2 rings (SSSR count). The molecule has 1 amide bonds. The molecule has 0 saturated heterocycles. The molecule has 1 fully saturated rings. The van der Waals surface area contributed by atoms with Crippen LogP contribution in [0.15, 0.2) is 22.7 Å². The van der Waals surface area contributed by atoms with Gasteiger partial charge in [-0.2, -0.15) is 0 Å². The van der Waals surface area contributed by atoms with Crippen molar-refractivity contribution in [2.75, 3.05) is 5.32 Å². The van der Waals surface area contributed by atoms with Gasteiger partial charge in [0.2, 0.25) is 5.91 Å². The van der Waals surface area contributed by atoms with E-state index in [-0.39, 0.29) is 17.0 Å². The molecule has 0 heterocycles. The van der Waals surface area contributed by atoms with Crippen LogP contribution in [0.25, 0.3) is 0 Å². The summed E-state index contributed by atoms with van der Waals surface area (Å²) in [6, 6.07) is 4.47. The lowest BCUT2D eigenvalue weighted by Gasteiger charge is -2.37. The fourth-order valence-corrected chi connectivity index (χ4v) is 2.55. The number of carbonyl (C=O) groups excluding carboxylic acids is 1. The van der Waals surface area contributed by atoms with Gasteiger partial charge < -0.3 is 16.2 Å². The van der Waals surface area contributed by atoms with E-state index in [1.54, 1.807) is 6.07 Å². The van der Waals surface area contributed by atoms with Crippen LogP contribution in [-0.4, -0.2) is 22.5 Å². The van der Waals surface area contributed by atoms with E-state index in [1.165, 1.54) is 12.1 Å². The summed E-state index contributed by atoms with van der Waals surface area (Å²) in [6.45, 7) is 0. The van der Waals surface area contributed by atoms with Crippen molar-refractivity contribution in [3.8, 4) is 0 Å². The number of nitrogens with one attached hydrogen (secondary N) is 1. The van der Waals surface area contributed by atoms with E-state index in [0.29, 0.717) is 16.6 Å². The topological polar surface area (TPSA) is 92.4 Å². The van der Waals surface area contributed by atoms with E-state index in [9.17, 15) is 9.59 Å². The molecule has 1 aromatic rings. The lowest BCUT2D eigenvalue weighted by Crippen LogP contribution is -2.48. The molecule has 5 nitrogen and oxygen atoms in total. The zero-order valence-corrected chi connectivity index (χ0v) is 11.9. The molecule has 0 aromatic heterocycles. The monoisotopic (exact) mass is 326 g/mol. The van der Waals surface area contributed by atoms with Gasteiger partial charge in [0, 0.05) is 16.4 Å². The molecular weight excluding hydrogens is 312 g/mol. The van der Waals surface area contributed by atoms with Gasteiger partial charge in [-0.1, -0.05) is 0 Å². The molecule has 0 atom stereocenters. The average molecular weight is 327 g/mol. The summed E-state index contributed by atoms with van der Waals surface area (Å²) in [5.41, 5.74) is 6.37. The summed E-state index contributed by atoms with van der Waals surface area (Å²) in [6.07, 6.45) is 3.11. The molecule has 1 saturated carbocycles. The van der Waals surface area contributed by atoms with Crippen LogP contribution < -0.4 is 11.1 Å². The summed E-state index contributed by atoms with van der Waals surface area (Å²) in [5, 5.41) is 11.6. The number of amides is 1. The standard InChI is InChI=1S/C13H15BrN2O3/c14-9-6-8(12(18)19)2-3-10(9)16-11(17)7-13(15)4-1-5-13/h2-3,6H,1,4-5,7,15H2,(H,16,17)(H,18,19). The first kappa shape index (κ1) is 14.0. The highest BCUT2D eigenvalue weighted by Gasteiger charge is 2.34. The number of hydrogen-bond donors (Lipinski definition) is 3. The highest BCUT2D eigenvalue weighted by Crippen LogP contribution is 2.32. The van der Waals surface area contributed by atoms with Crippen LogP contribution in [0, 0.1) is 0 Å². The third-order valence-corrected chi connectivity index (χ3v) is 4.01. The Balaban J connectivity index is 2.02. The zero-order chi connectivity index (χ0) is 14.0. The molecule has 0 bridgehead atoms. The van der Waals surface area contributed by atoms with Crippen molar-refractivity contribution in [1.29, 1.82) is 0 Å². The number of rotatable bonds is 4. The maximum absolute atomic E-state index is 11.9. The van der Waals surface area contributed by atoms with Gasteiger partial charge in [0.15, 0.2) is 0 Å². The Bertz CT molecular complexity index is 527. The molecule has 6 heteroatoms. The van der Waals surface area contributed by atoms with Crippen molar-refractivity contribution < 1.29 is 14.7 Å². The third-order valence-electron chi connectivity index (χ3n) is 3.35. The van der Waals surface area contributed by atoms with E-state index in [1.807, 2.05) is 0 Å². The Kier molecular flexibility index (Phi) is 3.91. The third kappa shape index (κ3) is 3.33. The SMILES string of the molecule is NC1(CC(=O)Nc2ccc(C(=O)O)cc2Br)CCC1. The van der Waals surface area contributed by atoms with E-state index in [4.69, 9.17) is 10.8 Å². The van der Waals surface area contributed by atoms with Gasteiger partial charge in [-0.25, -0.2) is 4.79 Å². The van der Waals surface area contributed by atoms with Gasteiger partial charge in [0.25, 0.3) is 0 Å². The zero-order valence-electron chi connectivity index (χ0n) is 10.3. The van der Waals surface area contributed by atoms with Crippen molar-refractivity contribution >= 4 is 33.5 Å². The number of carboxylic acid groups (broad SMARTS) is 1. The highest BCUT2D eigenvalue weighted by molar-refractivity contribution is 9.10. The highest BCUT2D eigenvalue weighted by atomic mass is 79.9. The summed E-state index contributed by atoms with van der Waals surface area (Å²) in [7, 11) is 0. The van der Waals surface area contributed by atoms with Crippen molar-refractivity contribution in [3.05, 3.63) is 28.2 Å². The van der Waals surface area contributed by atoms with Crippen LogP contribution >= 0.6 is 15.9 Å². The van der Waals surface area contributed by atoms with Gasteiger partial charge in [0.1, 0.15) is 0 Å². The first-order valence-corrected chi connectivity index (χ1v) is 6.80. The molecule has 0 unspecified atom stereocenters. The van der Waals surface area contributed by atoms with E-state index in [0.717, 1.165) is 19.3 Å². The second kappa shape index (κ2) is 5.30. The largest absolute Gasteiger partial charge is 0.478 e. The molecular formula is C13H15BrN2O3. The fraction of sp³-hybridized carbons (Fsp3) is 0.385. The first-order valence-electron chi connectivity index (χ1n) is 6.01. The number of carbonyl (C=O) groups is 2. The molecule has 4 N–H and O–H groups in total. The number of hydrogen-bond acceptors (Lipinski definition) is 3. The predicted molar refractivity (Wildman–Crippen MR) is 75.1 cm³/mol. The molecule has 102 valence electrons. The number of nitrogens with two attached hydrogens (primary N) is 1. The number of aromatic carboxylic acids is 1. The molecule has 0 spiro atoms. The minimum absolute atomic E-state index is 0.147. The average Bonchev–Trinajstić information content (AvgIpc) is 2.29. The molecule has 1 aliphatic carbocycles. The first-order chi connectivity index (χ1) is 8.89. The number of benzene rings is 1. The molecule has 1 aromatic carbocycles. The fourth-order valence-electron chi connectivity index (χ4n) is 2.07. The number of halogens is 1. The van der Waals surface area contributed by atoms with Crippen LogP contribution in [0.5, 0.6) is 0 Å². The Labute approximate surface area is 119 Å². The Morgan fingerprint density at radius 3 is 2.58 bits per heavy atom. The van der Waals surface area contributed by atoms with Crippen LogP contribution in [0.3, 0.4) is 0 Å². The Hall–Kier alpha value is -1.40. The molecule has 19 heavy (non-hydrogen) atoms. The maximum Gasteiger partial charge on any atom is 0.335 e. The van der Waals surface area contributed by atoms with Crippen molar-refractivity contribution in [3.63, 3.8) is 0 Å². The van der Waals surface area contributed by atoms with Crippen LogP contribution in [0.2, 0.25) is 0 Å². The number of carboxylic acids is 1. The summed E-state index contributed by atoms with van der Waals surface area (Å²) in [5.74, 6) is -1.15. The van der Waals surface area contributed by atoms with E-state index in [2.05, 4.69) is 21.2 Å². The summed E-state index contributed by atoms with van der Waals surface area (Å²) in [4.78, 5) is 22.7. The number of anilines is 1. The molecule has 1 aliphatic rings. The van der Waals surface area contributed by atoms with Crippen LogP contribution in [-0.2, 0) is 4.79 Å². The van der Waals surface area contributed by atoms with Crippen molar-refractivity contribution in [2.24, 2.45) is 5.73 Å². The quantitative estimate of drug-likeness (QED) is 0.791. The lowest BCUT2D eigenvalue weighted by atomic mass is 9.75. The second-order valence-electron chi connectivity index (χ2n) is 4.94. The van der Waals surface area contributed by atoms with E-state index >= 15 is 0 Å². The minimum atomic E-state index is -1.01. The summed E-state index contributed by atoms with van der Waals surface area (Å²) < 4.78 is 0.542. The van der Waals surface area contributed by atoms with Crippen LogP contribution in [0.4, 0.5) is 5.69 Å². The molecule has 0 aliphatic heterocycles. The molecule has 0 radical (unpaired) electrons. The Morgan fingerprint density at radius 1 is 1.42 bits per heavy atom. The van der Waals surface area contributed by atoms with Gasteiger partial charge >= 0.3 is 5.97 Å². The minimum Gasteiger partial charge on any atom is -0.478 e.